The number of aliphatic hydroxyl groups is 1. The van der Waals surface area contributed by atoms with Crippen LogP contribution in [0.3, 0.4) is 0 Å². The summed E-state index contributed by atoms with van der Waals surface area (Å²) in [5.74, 6) is -0.886. The van der Waals surface area contributed by atoms with Gasteiger partial charge in [0.2, 0.25) is 5.96 Å². The molecule has 0 spiro atoms. The fourth-order valence-electron chi connectivity index (χ4n) is 4.93. The molecule has 1 aromatic heterocycles. The van der Waals surface area contributed by atoms with Gasteiger partial charge in [-0.1, -0.05) is 62.7 Å². The van der Waals surface area contributed by atoms with Gasteiger partial charge >= 0.3 is 12.6 Å². The molecule has 214 valence electrons. The molecule has 2 aromatic carbocycles. The fraction of sp³-hybridized carbons (Fsp3) is 0.321. The van der Waals surface area contributed by atoms with Crippen molar-refractivity contribution in [1.29, 1.82) is 5.26 Å². The van der Waals surface area contributed by atoms with Crippen LogP contribution < -0.4 is 5.32 Å². The number of aliphatic imine (C=N–C) groups is 1. The largest absolute Gasteiger partial charge is 0.465 e. The van der Waals surface area contributed by atoms with Crippen LogP contribution in [-0.4, -0.2) is 49.5 Å². The summed E-state index contributed by atoms with van der Waals surface area (Å²) >= 11 is 6.08. The zero-order valence-electron chi connectivity index (χ0n) is 22.3. The first-order valence-electron chi connectivity index (χ1n) is 12.5. The van der Waals surface area contributed by atoms with E-state index in [1.807, 2.05) is 26.8 Å². The second-order valence-electron chi connectivity index (χ2n) is 10.8. The van der Waals surface area contributed by atoms with Crippen molar-refractivity contribution in [3.8, 4) is 17.2 Å². The fourth-order valence-corrected chi connectivity index (χ4v) is 5.09. The molecule has 1 unspecified atom stereocenters. The lowest BCUT2D eigenvalue weighted by Gasteiger charge is -2.34. The number of rotatable bonds is 7. The van der Waals surface area contributed by atoms with Crippen LogP contribution in [-0.2, 0) is 10.3 Å². The Hall–Kier alpha value is -4.34. The highest BCUT2D eigenvalue weighted by Crippen LogP contribution is 2.45. The molecule has 3 aromatic rings. The maximum Gasteiger partial charge on any atom is 0.411 e. The van der Waals surface area contributed by atoms with Crippen LogP contribution in [0.25, 0.3) is 11.1 Å². The molecule has 0 saturated heterocycles. The van der Waals surface area contributed by atoms with E-state index in [4.69, 9.17) is 11.6 Å². The third kappa shape index (κ3) is 5.91. The van der Waals surface area contributed by atoms with Gasteiger partial charge in [0.1, 0.15) is 6.07 Å². The Morgan fingerprint density at radius 1 is 1.20 bits per heavy atom. The lowest BCUT2D eigenvalue weighted by molar-refractivity contribution is -0.135. The van der Waals surface area contributed by atoms with Crippen LogP contribution in [0.2, 0.25) is 5.02 Å². The minimum absolute atomic E-state index is 0.116. The number of amides is 2. The molecule has 4 rings (SSSR count). The maximum atomic E-state index is 14.4. The lowest BCUT2D eigenvalue weighted by atomic mass is 9.75. The predicted molar refractivity (Wildman–Crippen MR) is 146 cm³/mol. The van der Waals surface area contributed by atoms with Crippen LogP contribution in [0.4, 0.5) is 13.6 Å². The van der Waals surface area contributed by atoms with Crippen molar-refractivity contribution in [3.05, 3.63) is 76.6 Å². The van der Waals surface area contributed by atoms with Gasteiger partial charge in [0.15, 0.2) is 5.54 Å². The highest BCUT2D eigenvalue weighted by molar-refractivity contribution is 6.31. The molecule has 2 atom stereocenters. The van der Waals surface area contributed by atoms with Gasteiger partial charge in [0, 0.05) is 11.8 Å². The van der Waals surface area contributed by atoms with Crippen LogP contribution in [0.5, 0.6) is 0 Å². The normalized spacial score (nSPS) is 17.9. The summed E-state index contributed by atoms with van der Waals surface area (Å²) in [6, 6.07) is 11.8. The number of aromatic nitrogens is 2. The predicted octanol–water partition coefficient (Wildman–Crippen LogP) is 5.30. The van der Waals surface area contributed by atoms with Crippen LogP contribution in [0, 0.1) is 16.7 Å². The molecule has 0 radical (unpaired) electrons. The number of guanidine groups is 1. The zero-order chi connectivity index (χ0) is 30.1. The van der Waals surface area contributed by atoms with Crippen molar-refractivity contribution in [2.24, 2.45) is 10.4 Å². The number of nitrogens with one attached hydrogen (secondary N) is 1. The first kappa shape index (κ1) is 29.6. The Balaban J connectivity index is 1.84. The standard InChI is InChI=1S/C28H27ClF2N6O4/c1-27(2,3)15-28(20-7-4-16(5-8-20)19-12-33-36(13-19)24(30)31)23(39)37(25(35-28)34-26(40)41)22(14-38)17-6-9-21(29)18(10-17)11-32/h4-10,12-13,22,24,38H,14-15H2,1-3H3,(H,34,35)(H,40,41)/t22?,28-/m1/s1. The summed E-state index contributed by atoms with van der Waals surface area (Å²) in [6.07, 6.45) is 1.19. The highest BCUT2D eigenvalue weighted by atomic mass is 35.5. The first-order valence-corrected chi connectivity index (χ1v) is 12.8. The third-order valence-corrected chi connectivity index (χ3v) is 6.91. The van der Waals surface area contributed by atoms with Gasteiger partial charge in [-0.2, -0.15) is 19.1 Å². The van der Waals surface area contributed by atoms with E-state index in [2.05, 4.69) is 15.4 Å². The molecule has 1 aliphatic heterocycles. The molecule has 0 saturated carbocycles. The minimum Gasteiger partial charge on any atom is -0.465 e. The molecule has 3 N–H and O–H groups in total. The van der Waals surface area contributed by atoms with Gasteiger partial charge < -0.3 is 10.2 Å². The van der Waals surface area contributed by atoms with Gasteiger partial charge in [-0.3, -0.25) is 15.0 Å². The number of nitriles is 1. The molecule has 10 nitrogen and oxygen atoms in total. The second kappa shape index (κ2) is 11.3. The Bertz CT molecular complexity index is 1540. The first-order chi connectivity index (χ1) is 19.3. The van der Waals surface area contributed by atoms with E-state index in [0.29, 0.717) is 26.9 Å². The number of carbonyl (C=O) groups is 2. The van der Waals surface area contributed by atoms with E-state index in [9.17, 15) is 33.8 Å². The summed E-state index contributed by atoms with van der Waals surface area (Å²) in [7, 11) is 0. The summed E-state index contributed by atoms with van der Waals surface area (Å²) in [5, 5.41) is 35.5. The zero-order valence-corrected chi connectivity index (χ0v) is 23.1. The molecular formula is C28H27ClF2N6O4. The number of carboxylic acid groups (broad SMARTS) is 1. The van der Waals surface area contributed by atoms with Gasteiger partial charge in [-0.15, -0.1) is 0 Å². The van der Waals surface area contributed by atoms with Crippen LogP contribution in [0.15, 0.2) is 59.9 Å². The number of benzene rings is 2. The number of nitrogens with zero attached hydrogens (tertiary/aromatic N) is 5. The molecular weight excluding hydrogens is 558 g/mol. The highest BCUT2D eigenvalue weighted by Gasteiger charge is 2.53. The average Bonchev–Trinajstić information content (AvgIpc) is 3.49. The summed E-state index contributed by atoms with van der Waals surface area (Å²) in [4.78, 5) is 31.9. The Morgan fingerprint density at radius 3 is 2.41 bits per heavy atom. The molecule has 0 bridgehead atoms. The maximum absolute atomic E-state index is 14.4. The van der Waals surface area contributed by atoms with Gasteiger partial charge in [-0.05, 0) is 40.7 Å². The summed E-state index contributed by atoms with van der Waals surface area (Å²) in [5.41, 5.74) is -0.178. The number of hydrogen-bond donors (Lipinski definition) is 3. The number of halogens is 3. The third-order valence-electron chi connectivity index (χ3n) is 6.58. The van der Waals surface area contributed by atoms with E-state index in [1.54, 1.807) is 24.3 Å². The van der Waals surface area contributed by atoms with Crippen molar-refractivity contribution < 1.29 is 28.6 Å². The van der Waals surface area contributed by atoms with E-state index in [0.717, 1.165) is 4.90 Å². The molecule has 0 fully saturated rings. The average molecular weight is 585 g/mol. The van der Waals surface area contributed by atoms with Crippen LogP contribution in [0.1, 0.15) is 56.5 Å². The van der Waals surface area contributed by atoms with Gasteiger partial charge in [-0.25, -0.2) is 14.5 Å². The number of aliphatic hydroxyl groups excluding tert-OH is 1. The van der Waals surface area contributed by atoms with Crippen molar-refractivity contribution >= 4 is 29.6 Å². The van der Waals surface area contributed by atoms with Gasteiger partial charge in [0.25, 0.3) is 5.91 Å². The molecule has 41 heavy (non-hydrogen) atoms. The van der Waals surface area contributed by atoms with Crippen molar-refractivity contribution in [2.45, 2.75) is 45.3 Å². The monoisotopic (exact) mass is 584 g/mol. The van der Waals surface area contributed by atoms with Crippen molar-refractivity contribution in [2.75, 3.05) is 6.61 Å². The topological polar surface area (TPSA) is 144 Å². The smallest absolute Gasteiger partial charge is 0.411 e. The Morgan fingerprint density at radius 2 is 1.88 bits per heavy atom. The number of alkyl halides is 2. The van der Waals surface area contributed by atoms with E-state index < -0.39 is 42.2 Å². The van der Waals surface area contributed by atoms with E-state index in [-0.39, 0.29) is 23.0 Å². The van der Waals surface area contributed by atoms with Gasteiger partial charge in [0.05, 0.1) is 29.4 Å². The van der Waals surface area contributed by atoms with Crippen molar-refractivity contribution in [3.63, 3.8) is 0 Å². The minimum atomic E-state index is -2.79. The Labute approximate surface area is 239 Å². The summed E-state index contributed by atoms with van der Waals surface area (Å²) < 4.78 is 26.6. The molecule has 13 heteroatoms. The van der Waals surface area contributed by atoms with Crippen LogP contribution >= 0.6 is 11.6 Å². The quantitative estimate of drug-likeness (QED) is 0.344. The second-order valence-corrected chi connectivity index (χ2v) is 11.2. The molecule has 0 aliphatic carbocycles. The molecule has 2 amide bonds. The molecule has 2 heterocycles. The number of carbonyl (C=O) groups excluding carboxylic acids is 1. The van der Waals surface area contributed by atoms with Crippen molar-refractivity contribution in [1.82, 2.24) is 20.0 Å². The lowest BCUT2D eigenvalue weighted by Crippen LogP contribution is -2.49. The van der Waals surface area contributed by atoms with E-state index in [1.165, 1.54) is 30.6 Å². The SMILES string of the molecule is CC(C)(C)C[C@]1(c2ccc(-c3cnn(C(F)F)c3)cc2)N=C(NC(=O)O)N(C(CO)c2ccc(Cl)c(C#N)c2)C1=O. The molecule has 1 aliphatic rings. The number of hydrogen-bond acceptors (Lipinski definition) is 6. The Kier molecular flexibility index (Phi) is 8.15. The van der Waals surface area contributed by atoms with E-state index >= 15 is 0 Å². The summed E-state index contributed by atoms with van der Waals surface area (Å²) in [6.45, 7) is 2.30.